The molecule has 1 aliphatic rings. The van der Waals surface area contributed by atoms with Crippen LogP contribution in [-0.4, -0.2) is 48.9 Å². The molecule has 19 heavy (non-hydrogen) atoms. The number of amides is 1. The van der Waals surface area contributed by atoms with Gasteiger partial charge >= 0.3 is 0 Å². The van der Waals surface area contributed by atoms with Crippen molar-refractivity contribution in [1.82, 2.24) is 9.80 Å². The van der Waals surface area contributed by atoms with Gasteiger partial charge in [0.05, 0.1) is 0 Å². The molecule has 1 fully saturated rings. The van der Waals surface area contributed by atoms with Crippen molar-refractivity contribution in [2.75, 3.05) is 33.2 Å². The van der Waals surface area contributed by atoms with E-state index in [0.29, 0.717) is 5.56 Å². The van der Waals surface area contributed by atoms with Crippen LogP contribution in [0.25, 0.3) is 0 Å². The highest BCUT2D eigenvalue weighted by molar-refractivity contribution is 5.93. The highest BCUT2D eigenvalue weighted by Gasteiger charge is 2.14. The first-order valence-corrected chi connectivity index (χ1v) is 6.90. The van der Waals surface area contributed by atoms with Gasteiger partial charge in [-0.1, -0.05) is 6.42 Å². The topological polar surface area (TPSA) is 23.6 Å². The van der Waals surface area contributed by atoms with Gasteiger partial charge in [0.25, 0.3) is 5.91 Å². The largest absolute Gasteiger partial charge is 0.340 e. The summed E-state index contributed by atoms with van der Waals surface area (Å²) in [6.07, 6.45) is 3.84. The van der Waals surface area contributed by atoms with Gasteiger partial charge in [-0.2, -0.15) is 0 Å². The Kier molecular flexibility index (Phi) is 4.91. The van der Waals surface area contributed by atoms with Gasteiger partial charge in [0.1, 0.15) is 5.82 Å². The summed E-state index contributed by atoms with van der Waals surface area (Å²) < 4.78 is 12.8. The number of benzene rings is 1. The number of piperidine rings is 1. The van der Waals surface area contributed by atoms with Gasteiger partial charge in [-0.3, -0.25) is 4.79 Å². The summed E-state index contributed by atoms with van der Waals surface area (Å²) in [5.74, 6) is -0.357. The van der Waals surface area contributed by atoms with Gasteiger partial charge in [0.15, 0.2) is 0 Å². The minimum Gasteiger partial charge on any atom is -0.340 e. The lowest BCUT2D eigenvalue weighted by atomic mass is 10.1. The normalized spacial score (nSPS) is 16.3. The zero-order valence-corrected chi connectivity index (χ0v) is 11.4. The van der Waals surface area contributed by atoms with Crippen molar-refractivity contribution in [2.24, 2.45) is 0 Å². The van der Waals surface area contributed by atoms with E-state index in [1.165, 1.54) is 43.5 Å². The van der Waals surface area contributed by atoms with Crippen LogP contribution in [-0.2, 0) is 0 Å². The first-order chi connectivity index (χ1) is 9.16. The van der Waals surface area contributed by atoms with Gasteiger partial charge in [0.2, 0.25) is 0 Å². The third-order valence-electron chi connectivity index (χ3n) is 3.64. The molecular weight excluding hydrogens is 243 g/mol. The van der Waals surface area contributed by atoms with E-state index in [4.69, 9.17) is 0 Å². The summed E-state index contributed by atoms with van der Waals surface area (Å²) in [4.78, 5) is 16.2. The Balaban J connectivity index is 1.83. The van der Waals surface area contributed by atoms with Crippen molar-refractivity contribution in [1.29, 1.82) is 0 Å². The van der Waals surface area contributed by atoms with Crippen LogP contribution < -0.4 is 0 Å². The molecule has 0 radical (unpaired) electrons. The van der Waals surface area contributed by atoms with E-state index in [-0.39, 0.29) is 11.7 Å². The van der Waals surface area contributed by atoms with Crippen LogP contribution in [0.5, 0.6) is 0 Å². The Hall–Kier alpha value is -1.42. The van der Waals surface area contributed by atoms with Gasteiger partial charge in [-0.25, -0.2) is 4.39 Å². The molecule has 0 bridgehead atoms. The third-order valence-corrected chi connectivity index (χ3v) is 3.64. The first kappa shape index (κ1) is 14.0. The molecule has 0 atom stereocenters. The van der Waals surface area contributed by atoms with Crippen molar-refractivity contribution in [3.8, 4) is 0 Å². The smallest absolute Gasteiger partial charge is 0.253 e. The lowest BCUT2D eigenvalue weighted by Crippen LogP contribution is -2.38. The molecule has 2 rings (SSSR count). The zero-order valence-electron chi connectivity index (χ0n) is 11.4. The molecule has 0 aromatic heterocycles. The average molecular weight is 264 g/mol. The van der Waals surface area contributed by atoms with Crippen LogP contribution >= 0.6 is 0 Å². The lowest BCUT2D eigenvalue weighted by Gasteiger charge is -2.28. The standard InChI is InChI=1S/C15H21FN2O/c1-17(11-12-18-9-3-2-4-10-18)15(19)13-5-7-14(16)8-6-13/h5-8H,2-4,9-12H2,1H3. The molecule has 0 saturated carbocycles. The van der Waals surface area contributed by atoms with Crippen LogP contribution in [0.1, 0.15) is 29.6 Å². The van der Waals surface area contributed by atoms with Crippen LogP contribution in [0.15, 0.2) is 24.3 Å². The quantitative estimate of drug-likeness (QED) is 0.833. The molecule has 1 heterocycles. The molecule has 1 aliphatic heterocycles. The second-order valence-corrected chi connectivity index (χ2v) is 5.14. The number of nitrogens with zero attached hydrogens (tertiary/aromatic N) is 2. The highest BCUT2D eigenvalue weighted by atomic mass is 19.1. The number of likely N-dealkylation sites (tertiary alicyclic amines) is 1. The van der Waals surface area contributed by atoms with E-state index >= 15 is 0 Å². The van der Waals surface area contributed by atoms with E-state index in [1.807, 2.05) is 0 Å². The van der Waals surface area contributed by atoms with Gasteiger partial charge < -0.3 is 9.80 Å². The number of carbonyl (C=O) groups is 1. The summed E-state index contributed by atoms with van der Waals surface area (Å²) in [6.45, 7) is 3.91. The van der Waals surface area contributed by atoms with E-state index < -0.39 is 0 Å². The van der Waals surface area contributed by atoms with E-state index in [0.717, 1.165) is 26.2 Å². The van der Waals surface area contributed by atoms with E-state index in [1.54, 1.807) is 11.9 Å². The maximum atomic E-state index is 12.8. The van der Waals surface area contributed by atoms with Gasteiger partial charge in [-0.15, -0.1) is 0 Å². The Morgan fingerprint density at radius 3 is 2.47 bits per heavy atom. The fourth-order valence-electron chi connectivity index (χ4n) is 2.39. The zero-order chi connectivity index (χ0) is 13.7. The molecule has 104 valence electrons. The molecule has 1 amide bonds. The molecule has 0 unspecified atom stereocenters. The second kappa shape index (κ2) is 6.66. The number of hydrogen-bond acceptors (Lipinski definition) is 2. The number of hydrogen-bond donors (Lipinski definition) is 0. The maximum absolute atomic E-state index is 12.8. The number of likely N-dealkylation sites (N-methyl/N-ethyl adjacent to an activating group) is 1. The highest BCUT2D eigenvalue weighted by Crippen LogP contribution is 2.09. The Bertz CT molecular complexity index is 413. The van der Waals surface area contributed by atoms with E-state index in [9.17, 15) is 9.18 Å². The number of halogens is 1. The molecule has 1 saturated heterocycles. The molecule has 0 N–H and O–H groups in total. The van der Waals surface area contributed by atoms with E-state index in [2.05, 4.69) is 4.90 Å². The minimum atomic E-state index is -0.312. The van der Waals surface area contributed by atoms with Crippen molar-refractivity contribution in [3.05, 3.63) is 35.6 Å². The second-order valence-electron chi connectivity index (χ2n) is 5.14. The Morgan fingerprint density at radius 2 is 1.84 bits per heavy atom. The fraction of sp³-hybridized carbons (Fsp3) is 0.533. The molecular formula is C15H21FN2O. The van der Waals surface area contributed by atoms with Crippen LogP contribution in [0.3, 0.4) is 0 Å². The summed E-state index contributed by atoms with van der Waals surface area (Å²) in [5.41, 5.74) is 0.544. The maximum Gasteiger partial charge on any atom is 0.253 e. The van der Waals surface area contributed by atoms with Crippen molar-refractivity contribution in [2.45, 2.75) is 19.3 Å². The molecule has 0 spiro atoms. The summed E-state index contributed by atoms with van der Waals surface area (Å²) in [7, 11) is 1.80. The van der Waals surface area contributed by atoms with Crippen LogP contribution in [0.2, 0.25) is 0 Å². The third kappa shape index (κ3) is 4.03. The van der Waals surface area contributed by atoms with Gasteiger partial charge in [0, 0.05) is 25.7 Å². The fourth-order valence-corrected chi connectivity index (χ4v) is 2.39. The first-order valence-electron chi connectivity index (χ1n) is 6.90. The SMILES string of the molecule is CN(CCN1CCCCC1)C(=O)c1ccc(F)cc1. The minimum absolute atomic E-state index is 0.0444. The number of rotatable bonds is 4. The molecule has 1 aromatic rings. The summed E-state index contributed by atoms with van der Waals surface area (Å²) >= 11 is 0. The Labute approximate surface area is 114 Å². The summed E-state index contributed by atoms with van der Waals surface area (Å²) in [5, 5.41) is 0. The molecule has 3 nitrogen and oxygen atoms in total. The number of carbonyl (C=O) groups excluding carboxylic acids is 1. The summed E-state index contributed by atoms with van der Waals surface area (Å²) in [6, 6.07) is 5.72. The van der Waals surface area contributed by atoms with Crippen molar-refractivity contribution in [3.63, 3.8) is 0 Å². The van der Waals surface area contributed by atoms with Crippen molar-refractivity contribution < 1.29 is 9.18 Å². The molecule has 4 heteroatoms. The predicted molar refractivity (Wildman–Crippen MR) is 73.7 cm³/mol. The Morgan fingerprint density at radius 1 is 1.21 bits per heavy atom. The predicted octanol–water partition coefficient (Wildman–Crippen LogP) is 2.38. The molecule has 0 aliphatic carbocycles. The lowest BCUT2D eigenvalue weighted by molar-refractivity contribution is 0.0773. The monoisotopic (exact) mass is 264 g/mol. The van der Waals surface area contributed by atoms with Crippen LogP contribution in [0, 0.1) is 5.82 Å². The van der Waals surface area contributed by atoms with Crippen LogP contribution in [0.4, 0.5) is 4.39 Å². The molecule has 1 aromatic carbocycles. The van der Waals surface area contributed by atoms with Crippen molar-refractivity contribution >= 4 is 5.91 Å². The van der Waals surface area contributed by atoms with Gasteiger partial charge in [-0.05, 0) is 50.2 Å². The average Bonchev–Trinajstić information content (AvgIpc) is 2.46.